The summed E-state index contributed by atoms with van der Waals surface area (Å²) in [6, 6.07) is 19.3. The molecule has 0 bridgehead atoms. The summed E-state index contributed by atoms with van der Waals surface area (Å²) in [7, 11) is 0. The van der Waals surface area contributed by atoms with Gasteiger partial charge in [0.25, 0.3) is 5.91 Å². The number of aromatic nitrogens is 1. The first-order chi connectivity index (χ1) is 12.8. The van der Waals surface area contributed by atoms with Crippen LogP contribution in [0.4, 0.5) is 10.2 Å². The average molecular weight is 362 g/mol. The number of hydrogen-bond acceptors (Lipinski definition) is 2. The van der Waals surface area contributed by atoms with Gasteiger partial charge in [0, 0.05) is 11.8 Å². The fourth-order valence-electron chi connectivity index (χ4n) is 2.81. The smallest absolute Gasteiger partial charge is 0.259 e. The lowest BCUT2D eigenvalue weighted by Gasteiger charge is -2.23. The maximum atomic E-state index is 13.2. The Morgan fingerprint density at radius 2 is 1.63 bits per heavy atom. The number of benzene rings is 2. The van der Waals surface area contributed by atoms with Crippen molar-refractivity contribution in [2.75, 3.05) is 4.90 Å². The molecule has 1 heterocycles. The molecule has 0 fully saturated rings. The number of rotatable bonds is 4. The van der Waals surface area contributed by atoms with Crippen molar-refractivity contribution in [3.05, 3.63) is 95.4 Å². The summed E-state index contributed by atoms with van der Waals surface area (Å²) in [6.07, 6.45) is 1.66. The van der Waals surface area contributed by atoms with E-state index in [-0.39, 0.29) is 17.1 Å². The molecule has 0 saturated carbocycles. The van der Waals surface area contributed by atoms with E-state index in [9.17, 15) is 9.18 Å². The SMILES string of the molecule is CC(C)(C)c1ccc(CN(C(=O)c2ccc(F)cc2)c2ccccn2)cc1. The van der Waals surface area contributed by atoms with Crippen LogP contribution in [0.2, 0.25) is 0 Å². The topological polar surface area (TPSA) is 33.2 Å². The van der Waals surface area contributed by atoms with Gasteiger partial charge in [-0.3, -0.25) is 9.69 Å². The zero-order valence-corrected chi connectivity index (χ0v) is 15.8. The van der Waals surface area contributed by atoms with Crippen LogP contribution in [0.5, 0.6) is 0 Å². The van der Waals surface area contributed by atoms with E-state index >= 15 is 0 Å². The predicted molar refractivity (Wildman–Crippen MR) is 106 cm³/mol. The maximum absolute atomic E-state index is 13.2. The number of carbonyl (C=O) groups is 1. The second kappa shape index (κ2) is 7.70. The van der Waals surface area contributed by atoms with Crippen LogP contribution in [0.25, 0.3) is 0 Å². The zero-order valence-electron chi connectivity index (χ0n) is 15.8. The van der Waals surface area contributed by atoms with Gasteiger partial charge in [-0.2, -0.15) is 0 Å². The summed E-state index contributed by atoms with van der Waals surface area (Å²) >= 11 is 0. The van der Waals surface area contributed by atoms with Gasteiger partial charge in [-0.25, -0.2) is 9.37 Å². The van der Waals surface area contributed by atoms with Crippen LogP contribution < -0.4 is 4.90 Å². The quantitative estimate of drug-likeness (QED) is 0.625. The molecule has 0 radical (unpaired) electrons. The second-order valence-corrected chi connectivity index (χ2v) is 7.53. The Morgan fingerprint density at radius 1 is 0.963 bits per heavy atom. The van der Waals surface area contributed by atoms with Crippen LogP contribution in [0.1, 0.15) is 42.3 Å². The average Bonchev–Trinajstić information content (AvgIpc) is 2.66. The minimum Gasteiger partial charge on any atom is -0.288 e. The first kappa shape index (κ1) is 18.8. The van der Waals surface area contributed by atoms with Gasteiger partial charge >= 0.3 is 0 Å². The van der Waals surface area contributed by atoms with Gasteiger partial charge in [0.05, 0.1) is 6.54 Å². The van der Waals surface area contributed by atoms with Crippen LogP contribution in [0.3, 0.4) is 0 Å². The van der Waals surface area contributed by atoms with Gasteiger partial charge in [-0.05, 0) is 52.9 Å². The highest BCUT2D eigenvalue weighted by molar-refractivity contribution is 6.05. The van der Waals surface area contributed by atoms with Crippen LogP contribution >= 0.6 is 0 Å². The number of halogens is 1. The molecule has 3 aromatic rings. The van der Waals surface area contributed by atoms with Crippen molar-refractivity contribution in [3.63, 3.8) is 0 Å². The first-order valence-corrected chi connectivity index (χ1v) is 8.92. The Kier molecular flexibility index (Phi) is 5.36. The fourth-order valence-corrected chi connectivity index (χ4v) is 2.81. The molecule has 4 heteroatoms. The van der Waals surface area contributed by atoms with E-state index < -0.39 is 0 Å². The Hall–Kier alpha value is -3.01. The summed E-state index contributed by atoms with van der Waals surface area (Å²) in [4.78, 5) is 19.0. The molecule has 0 atom stereocenters. The normalized spacial score (nSPS) is 11.3. The predicted octanol–water partition coefficient (Wildman–Crippen LogP) is 5.37. The highest BCUT2D eigenvalue weighted by Gasteiger charge is 2.20. The molecule has 1 amide bonds. The van der Waals surface area contributed by atoms with Crippen molar-refractivity contribution < 1.29 is 9.18 Å². The minimum atomic E-state index is -0.367. The molecule has 2 aromatic carbocycles. The lowest BCUT2D eigenvalue weighted by Crippen LogP contribution is -2.31. The molecule has 0 aliphatic carbocycles. The molecular formula is C23H23FN2O. The van der Waals surface area contributed by atoms with Crippen LogP contribution in [-0.2, 0) is 12.0 Å². The maximum Gasteiger partial charge on any atom is 0.259 e. The van der Waals surface area contributed by atoms with Crippen molar-refractivity contribution in [1.82, 2.24) is 4.98 Å². The summed E-state index contributed by atoms with van der Waals surface area (Å²) in [5.74, 6) is -0.0194. The third kappa shape index (κ3) is 4.59. The molecular weight excluding hydrogens is 339 g/mol. The number of amides is 1. The van der Waals surface area contributed by atoms with Gasteiger partial charge in [-0.15, -0.1) is 0 Å². The van der Waals surface area contributed by atoms with E-state index in [4.69, 9.17) is 0 Å². The summed E-state index contributed by atoms with van der Waals surface area (Å²) in [6.45, 7) is 6.89. The van der Waals surface area contributed by atoms with Crippen molar-refractivity contribution in [2.24, 2.45) is 0 Å². The summed E-state index contributed by atoms with van der Waals surface area (Å²) in [5, 5.41) is 0. The lowest BCUT2D eigenvalue weighted by atomic mass is 9.87. The highest BCUT2D eigenvalue weighted by atomic mass is 19.1. The van der Waals surface area contributed by atoms with Crippen molar-refractivity contribution in [3.8, 4) is 0 Å². The van der Waals surface area contributed by atoms with Gasteiger partial charge in [0.2, 0.25) is 0 Å². The molecule has 27 heavy (non-hydrogen) atoms. The summed E-state index contributed by atoms with van der Waals surface area (Å²) < 4.78 is 13.2. The van der Waals surface area contributed by atoms with Crippen LogP contribution in [-0.4, -0.2) is 10.9 Å². The molecule has 3 rings (SSSR count). The third-order valence-corrected chi connectivity index (χ3v) is 4.42. The first-order valence-electron chi connectivity index (χ1n) is 8.92. The van der Waals surface area contributed by atoms with Gasteiger partial charge < -0.3 is 0 Å². The van der Waals surface area contributed by atoms with E-state index in [1.165, 1.54) is 29.8 Å². The van der Waals surface area contributed by atoms with Gasteiger partial charge in [0.1, 0.15) is 11.6 Å². The number of hydrogen-bond donors (Lipinski definition) is 0. The molecule has 0 aliphatic rings. The Balaban J connectivity index is 1.91. The van der Waals surface area contributed by atoms with Crippen molar-refractivity contribution >= 4 is 11.7 Å². The largest absolute Gasteiger partial charge is 0.288 e. The van der Waals surface area contributed by atoms with E-state index in [0.717, 1.165) is 5.56 Å². The van der Waals surface area contributed by atoms with Crippen LogP contribution in [0, 0.1) is 5.82 Å². The number of pyridine rings is 1. The molecule has 0 unspecified atom stereocenters. The molecule has 0 aliphatic heterocycles. The lowest BCUT2D eigenvalue weighted by molar-refractivity contribution is 0.0984. The van der Waals surface area contributed by atoms with Gasteiger partial charge in [-0.1, -0.05) is 51.1 Å². The molecule has 0 saturated heterocycles. The number of carbonyl (C=O) groups excluding carboxylic acids is 1. The van der Waals surface area contributed by atoms with Crippen molar-refractivity contribution in [2.45, 2.75) is 32.7 Å². The van der Waals surface area contributed by atoms with E-state index in [1.54, 1.807) is 17.2 Å². The van der Waals surface area contributed by atoms with E-state index in [2.05, 4.69) is 37.9 Å². The summed E-state index contributed by atoms with van der Waals surface area (Å²) in [5.41, 5.74) is 2.74. The minimum absolute atomic E-state index is 0.0726. The van der Waals surface area contributed by atoms with Crippen molar-refractivity contribution in [1.29, 1.82) is 0 Å². The Labute approximate surface area is 159 Å². The monoisotopic (exact) mass is 362 g/mol. The molecule has 1 aromatic heterocycles. The zero-order chi connectivity index (χ0) is 19.4. The second-order valence-electron chi connectivity index (χ2n) is 7.53. The Bertz CT molecular complexity index is 898. The molecule has 0 N–H and O–H groups in total. The standard InChI is InChI=1S/C23H23FN2O/c1-23(2,3)19-11-7-17(8-12-19)16-26(21-6-4-5-15-25-21)22(27)18-9-13-20(24)14-10-18/h4-15H,16H2,1-3H3. The van der Waals surface area contributed by atoms with Gasteiger partial charge in [0.15, 0.2) is 0 Å². The third-order valence-electron chi connectivity index (χ3n) is 4.42. The molecule has 138 valence electrons. The molecule has 3 nitrogen and oxygen atoms in total. The van der Waals surface area contributed by atoms with E-state index in [1.807, 2.05) is 24.3 Å². The highest BCUT2D eigenvalue weighted by Crippen LogP contribution is 2.24. The van der Waals surface area contributed by atoms with Crippen LogP contribution in [0.15, 0.2) is 72.9 Å². The Morgan fingerprint density at radius 3 is 2.19 bits per heavy atom. The fraction of sp³-hybridized carbons (Fsp3) is 0.217. The van der Waals surface area contributed by atoms with E-state index in [0.29, 0.717) is 17.9 Å². The number of anilines is 1. The molecule has 0 spiro atoms. The number of nitrogens with zero attached hydrogens (tertiary/aromatic N) is 2.